The molecule has 9 nitrogen and oxygen atoms in total. The Bertz CT molecular complexity index is 2080. The van der Waals surface area contributed by atoms with Crippen LogP contribution in [0.2, 0.25) is 0 Å². The number of carbonyl (C=O) groups excluding carboxylic acids is 4. The van der Waals surface area contributed by atoms with Crippen LogP contribution in [0, 0.1) is 79.8 Å². The van der Waals surface area contributed by atoms with Gasteiger partial charge in [-0.15, -0.1) is 0 Å². The number of hydrogen-bond acceptors (Lipinski definition) is 9. The van der Waals surface area contributed by atoms with Gasteiger partial charge in [-0.1, -0.05) is 55.4 Å². The van der Waals surface area contributed by atoms with E-state index in [1.54, 1.807) is 13.8 Å². The average Bonchev–Trinajstić information content (AvgIpc) is 3.63. The van der Waals surface area contributed by atoms with Gasteiger partial charge in [0.25, 0.3) is 0 Å². The third kappa shape index (κ3) is 11.2. The molecular weight excluding hydrogens is 988 g/mol. The summed E-state index contributed by atoms with van der Waals surface area (Å²) in [5, 5.41) is 11.7. The Balaban J connectivity index is 1.34. The molecule has 0 radical (unpaired) electrons. The van der Waals surface area contributed by atoms with Crippen molar-refractivity contribution in [2.45, 2.75) is 240 Å². The molecule has 424 valence electrons. The van der Waals surface area contributed by atoms with Crippen LogP contribution in [0.5, 0.6) is 0 Å². The summed E-state index contributed by atoms with van der Waals surface area (Å²) in [5.74, 6) is -7.83. The van der Waals surface area contributed by atoms with Crippen LogP contribution >= 0.6 is 0 Å². The Hall–Kier alpha value is -2.79. The second-order valence-electron chi connectivity index (χ2n) is 28.1. The van der Waals surface area contributed by atoms with Crippen LogP contribution in [0.3, 0.4) is 0 Å². The van der Waals surface area contributed by atoms with Gasteiger partial charge >= 0.3 is 42.4 Å². The lowest BCUT2D eigenvalue weighted by molar-refractivity contribution is -0.257. The van der Waals surface area contributed by atoms with Crippen LogP contribution in [-0.4, -0.2) is 77.0 Å². The predicted octanol–water partition coefficient (Wildman–Crippen LogP) is 14.0. The van der Waals surface area contributed by atoms with Crippen molar-refractivity contribution in [1.29, 1.82) is 0 Å². The smallest absolute Gasteiger partial charge is 0.394 e. The summed E-state index contributed by atoms with van der Waals surface area (Å²) >= 11 is 0. The number of hydrogen-bond donors (Lipinski definition) is 1. The van der Waals surface area contributed by atoms with Crippen LogP contribution in [0.15, 0.2) is 0 Å². The largest absolute Gasteiger partial charge is 0.463 e. The monoisotopic (exact) mass is 1070 g/mol. The molecule has 1 saturated heterocycles. The van der Waals surface area contributed by atoms with Gasteiger partial charge in [-0.2, -0.15) is 39.5 Å². The van der Waals surface area contributed by atoms with E-state index in [-0.39, 0.29) is 37.7 Å². The van der Waals surface area contributed by atoms with Crippen molar-refractivity contribution in [3.63, 3.8) is 0 Å². The third-order valence-corrected chi connectivity index (χ3v) is 20.9. The molecule has 74 heavy (non-hydrogen) atoms. The van der Waals surface area contributed by atoms with E-state index >= 15 is 35.9 Å². The van der Waals surface area contributed by atoms with Crippen molar-refractivity contribution in [2.24, 2.45) is 79.8 Å². The van der Waals surface area contributed by atoms with E-state index in [0.717, 1.165) is 74.1 Å². The average molecular weight is 1070 g/mol. The van der Waals surface area contributed by atoms with Gasteiger partial charge in [-0.3, -0.25) is 14.4 Å². The molecule has 0 aromatic heterocycles. The first-order chi connectivity index (χ1) is 33.5. The molecule has 1 N–H and O–H groups in total. The third-order valence-electron chi connectivity index (χ3n) is 20.9. The van der Waals surface area contributed by atoms with Crippen molar-refractivity contribution in [1.82, 2.24) is 0 Å². The molecule has 1 aliphatic heterocycles. The number of ether oxygens (including phenoxy) is 4. The van der Waals surface area contributed by atoms with Crippen molar-refractivity contribution in [2.75, 3.05) is 6.61 Å². The highest BCUT2D eigenvalue weighted by Crippen LogP contribution is 2.63. The molecule has 0 spiro atoms. The van der Waals surface area contributed by atoms with E-state index in [9.17, 15) is 27.9 Å². The Morgan fingerprint density at radius 3 is 1.47 bits per heavy atom. The maximum Gasteiger partial charge on any atom is 0.394 e. The van der Waals surface area contributed by atoms with Crippen LogP contribution in [0.1, 0.15) is 198 Å². The van der Waals surface area contributed by atoms with E-state index in [1.807, 2.05) is 0 Å². The number of carbonyl (C=O) groups is 4. The molecule has 18 heteroatoms. The van der Waals surface area contributed by atoms with Crippen LogP contribution < -0.4 is 0 Å². The van der Waals surface area contributed by atoms with Gasteiger partial charge in [0.05, 0.1) is 44.7 Å². The van der Waals surface area contributed by atoms with Crippen LogP contribution in [0.25, 0.3) is 0 Å². The molecule has 9 aliphatic rings. The molecule has 0 aromatic carbocycles. The SMILES string of the molecule is CCC(C)(CC(C)(CC(C)(CC(CC(CC(C)C(C)(C)C(F)(F)F)C(C)(C)C(F)(F)F)C(C)(C)C(F)(F)F)C(=O)OC12CC3CC(CC(O)(C3)C1)C2)C(=O)OC1CCOC1=O)C(=O)OC12CC3CC(CC(C3)C1)C2. The molecule has 0 aromatic rings. The van der Waals surface area contributed by atoms with Crippen LogP contribution in [0.4, 0.5) is 39.5 Å². The lowest BCUT2D eigenvalue weighted by Crippen LogP contribution is -2.61. The number of aliphatic hydroxyl groups is 1. The van der Waals surface area contributed by atoms with Gasteiger partial charge in [0.15, 0.2) is 0 Å². The van der Waals surface area contributed by atoms with E-state index in [4.69, 9.17) is 18.9 Å². The standard InChI is InChI=1S/C56H83F9O9/c1-12-48(9,43(68)73-52-23-33-16-34(24-52)18-35(17-33)25-52)29-50(11,42(67)72-40-13-14-71-41(40)66)30-49(10,44(69)74-53-26-36-19-37(27-53)22-51(70,21-36)31-53)28-39(47(7,8)56(63,64)65)20-38(46(5,6)55(60,61)62)15-32(2)45(3,4)54(57,58)59/h32-40,70H,12-31H2,1-11H3. The van der Waals surface area contributed by atoms with Crippen molar-refractivity contribution in [3.8, 4) is 0 Å². The van der Waals surface area contributed by atoms with Gasteiger partial charge in [-0.25, -0.2) is 4.79 Å². The molecule has 0 amide bonds. The second-order valence-corrected chi connectivity index (χ2v) is 28.1. The quantitative estimate of drug-likeness (QED) is 0.0721. The summed E-state index contributed by atoms with van der Waals surface area (Å²) in [6.07, 6.45) is -12.6. The fraction of sp³-hybridized carbons (Fsp3) is 0.929. The summed E-state index contributed by atoms with van der Waals surface area (Å²) in [6, 6.07) is 0. The highest BCUT2D eigenvalue weighted by molar-refractivity contribution is 5.86. The molecular formula is C56H83F9O9. The van der Waals surface area contributed by atoms with Gasteiger partial charge in [0, 0.05) is 12.8 Å². The molecule has 1 heterocycles. The van der Waals surface area contributed by atoms with E-state index in [1.165, 1.54) is 13.8 Å². The van der Waals surface area contributed by atoms with E-state index in [0.29, 0.717) is 62.7 Å². The molecule has 8 aliphatic carbocycles. The molecule has 9 atom stereocenters. The zero-order chi connectivity index (χ0) is 55.5. The lowest BCUT2D eigenvalue weighted by Gasteiger charge is -2.59. The molecule has 9 fully saturated rings. The second kappa shape index (κ2) is 19.2. The first-order valence-corrected chi connectivity index (χ1v) is 27.3. The Kier molecular flexibility index (Phi) is 15.3. The fourth-order valence-corrected chi connectivity index (χ4v) is 16.1. The number of halogens is 9. The molecule has 9 unspecified atom stereocenters. The van der Waals surface area contributed by atoms with Gasteiger partial charge in [0.2, 0.25) is 6.10 Å². The Labute approximate surface area is 431 Å². The number of rotatable bonds is 20. The van der Waals surface area contributed by atoms with Crippen molar-refractivity contribution in [3.05, 3.63) is 0 Å². The maximum atomic E-state index is 15.8. The lowest BCUT2D eigenvalue weighted by atomic mass is 9.52. The van der Waals surface area contributed by atoms with Gasteiger partial charge < -0.3 is 24.1 Å². The Morgan fingerprint density at radius 1 is 0.595 bits per heavy atom. The molecule has 8 saturated carbocycles. The highest BCUT2D eigenvalue weighted by atomic mass is 19.4. The minimum absolute atomic E-state index is 0.0331. The van der Waals surface area contributed by atoms with Gasteiger partial charge in [0.1, 0.15) is 11.2 Å². The van der Waals surface area contributed by atoms with Gasteiger partial charge in [-0.05, 0) is 177 Å². The summed E-state index contributed by atoms with van der Waals surface area (Å²) < 4.78 is 161. The molecule has 8 bridgehead atoms. The van der Waals surface area contributed by atoms with Crippen molar-refractivity contribution >= 4 is 23.9 Å². The minimum atomic E-state index is -5.15. The highest BCUT2D eigenvalue weighted by Gasteiger charge is 2.64. The topological polar surface area (TPSA) is 125 Å². The molecule has 9 rings (SSSR count). The first kappa shape index (κ1) is 58.9. The summed E-state index contributed by atoms with van der Waals surface area (Å²) in [5.41, 5.74) is -17.2. The van der Waals surface area contributed by atoms with E-state index < -0.39 is 148 Å². The number of cyclic esters (lactones) is 1. The number of alkyl halides is 9. The van der Waals surface area contributed by atoms with Crippen LogP contribution in [-0.2, 0) is 38.1 Å². The number of esters is 4. The zero-order valence-corrected chi connectivity index (χ0v) is 45.5. The van der Waals surface area contributed by atoms with E-state index in [2.05, 4.69) is 0 Å². The predicted molar refractivity (Wildman–Crippen MR) is 254 cm³/mol. The normalized spacial score (nSPS) is 34.7. The minimum Gasteiger partial charge on any atom is -0.463 e. The summed E-state index contributed by atoms with van der Waals surface area (Å²) in [7, 11) is 0. The maximum absolute atomic E-state index is 15.8. The first-order valence-electron chi connectivity index (χ1n) is 27.3. The summed E-state index contributed by atoms with van der Waals surface area (Å²) in [6.45, 7) is 11.9. The Morgan fingerprint density at radius 2 is 1.03 bits per heavy atom. The zero-order valence-electron chi connectivity index (χ0n) is 45.5. The van der Waals surface area contributed by atoms with Crippen molar-refractivity contribution < 1.29 is 82.7 Å². The summed E-state index contributed by atoms with van der Waals surface area (Å²) in [4.78, 5) is 58.6. The fourth-order valence-electron chi connectivity index (χ4n) is 16.1.